The van der Waals surface area contributed by atoms with E-state index in [1.54, 1.807) is 0 Å². The van der Waals surface area contributed by atoms with Crippen molar-refractivity contribution in [2.24, 2.45) is 11.8 Å². The Labute approximate surface area is 201 Å². The van der Waals surface area contributed by atoms with Gasteiger partial charge in [-0.05, 0) is 56.8 Å². The molecule has 2 aliphatic carbocycles. The number of hydrogen-bond acceptors (Lipinski definition) is 9. The molecule has 15 heteroatoms. The zero-order chi connectivity index (χ0) is 16.5. The second kappa shape index (κ2) is 15.6. The first kappa shape index (κ1) is 36.2. The summed E-state index contributed by atoms with van der Waals surface area (Å²) >= 11 is -4.53. The molecule has 0 aromatic rings. The van der Waals surface area contributed by atoms with Gasteiger partial charge >= 0.3 is 56.6 Å². The van der Waals surface area contributed by atoms with E-state index in [1.165, 1.54) is 0 Å². The van der Waals surface area contributed by atoms with Gasteiger partial charge in [0.15, 0.2) is 0 Å². The molecule has 9 nitrogen and oxygen atoms in total. The van der Waals surface area contributed by atoms with Crippen molar-refractivity contribution < 1.29 is 98.0 Å². The van der Waals surface area contributed by atoms with Gasteiger partial charge in [0, 0.05) is 10.5 Å². The maximum Gasteiger partial charge on any atom is 1.00 e. The summed E-state index contributed by atoms with van der Waals surface area (Å²) in [6, 6.07) is 0. The van der Waals surface area contributed by atoms with Crippen LogP contribution in [0.25, 0.3) is 0 Å². The van der Waals surface area contributed by atoms with Gasteiger partial charge in [-0.1, -0.05) is 22.2 Å². The smallest absolute Gasteiger partial charge is 0.870 e. The molecule has 0 spiro atoms. The molecule has 0 aromatic heterocycles. The van der Waals surface area contributed by atoms with E-state index in [1.807, 2.05) is 0 Å². The van der Waals surface area contributed by atoms with Gasteiger partial charge in [0.05, 0.1) is 15.4 Å². The first-order valence-corrected chi connectivity index (χ1v) is 11.1. The van der Waals surface area contributed by atoms with Crippen molar-refractivity contribution in [2.45, 2.75) is 60.7 Å². The third-order valence-corrected chi connectivity index (χ3v) is 8.34. The average Bonchev–Trinajstić information content (AvgIpc) is 2.45. The normalized spacial score (nSPS) is 32.6. The Morgan fingerprint density at radius 2 is 1.26 bits per heavy atom. The Morgan fingerprint density at radius 3 is 1.63 bits per heavy atom. The van der Waals surface area contributed by atoms with E-state index in [0.717, 1.165) is 0 Å². The van der Waals surface area contributed by atoms with E-state index in [2.05, 4.69) is 0 Å². The van der Waals surface area contributed by atoms with E-state index >= 15 is 0 Å². The standard InChI is InChI=1S/C12H22O7S3.3Li.2H2O/c13-20(14)9-3-1-8(2-4-9)11-6-5-10(22(17,18)19)7-12(11)21(15)16;;;;;/h8-12H,1-7H2,(H,13,14)(H,15,16)(H,17,18,19);;;;2*1H2/q;3*+1;;/p-5. The molecule has 0 aliphatic heterocycles. The van der Waals surface area contributed by atoms with Crippen LogP contribution in [0.3, 0.4) is 0 Å². The van der Waals surface area contributed by atoms with Crippen LogP contribution in [0.1, 0.15) is 44.9 Å². The molecule has 27 heavy (non-hydrogen) atoms. The summed E-state index contributed by atoms with van der Waals surface area (Å²) in [6.45, 7) is 0. The largest absolute Gasteiger partial charge is 1.00 e. The van der Waals surface area contributed by atoms with Crippen molar-refractivity contribution in [1.82, 2.24) is 0 Å². The van der Waals surface area contributed by atoms with Crippen LogP contribution in [0, 0.1) is 11.8 Å². The molecule has 0 radical (unpaired) electrons. The van der Waals surface area contributed by atoms with Gasteiger partial charge in [-0.2, -0.15) is 0 Å². The van der Waals surface area contributed by atoms with E-state index in [0.29, 0.717) is 32.1 Å². The SMILES string of the molecule is O=S([O-])C1CCC(C2CCC(S(=O)(=O)[O-])CC2S(=O)[O-])CC1.[Li+].[Li+].[Li+].[OH-].[OH-]. The predicted octanol–water partition coefficient (Wildman–Crippen LogP) is -8.96. The molecule has 146 valence electrons. The summed E-state index contributed by atoms with van der Waals surface area (Å²) in [4.78, 5) is 0. The van der Waals surface area contributed by atoms with Crippen molar-refractivity contribution in [3.63, 3.8) is 0 Å². The minimum atomic E-state index is -4.47. The van der Waals surface area contributed by atoms with E-state index < -0.39 is 42.8 Å². The van der Waals surface area contributed by atoms with Crippen LogP contribution in [0.2, 0.25) is 0 Å². The Balaban J connectivity index is -0.000000529. The van der Waals surface area contributed by atoms with Crippen LogP contribution >= 0.6 is 0 Å². The second-order valence-electron chi connectivity index (χ2n) is 6.19. The molecule has 5 atom stereocenters. The zero-order valence-electron chi connectivity index (χ0n) is 15.8. The molecule has 0 heterocycles. The molecule has 2 fully saturated rings. The minimum Gasteiger partial charge on any atom is -0.870 e. The van der Waals surface area contributed by atoms with Gasteiger partial charge in [-0.15, -0.1) is 0 Å². The van der Waals surface area contributed by atoms with Crippen molar-refractivity contribution in [1.29, 1.82) is 0 Å². The van der Waals surface area contributed by atoms with Crippen LogP contribution in [0.15, 0.2) is 0 Å². The van der Waals surface area contributed by atoms with E-state index in [9.17, 15) is 30.5 Å². The summed E-state index contributed by atoms with van der Waals surface area (Å²) in [5, 5.41) is -2.33. The summed E-state index contributed by atoms with van der Waals surface area (Å²) in [5.74, 6) is -0.102. The Bertz CT molecular complexity index is 556. The molecule has 0 amide bonds. The first-order chi connectivity index (χ1) is 10.2. The van der Waals surface area contributed by atoms with Gasteiger partial charge in [0.25, 0.3) is 0 Å². The third-order valence-electron chi connectivity index (χ3n) is 5.05. The molecular weight excluding hydrogens is 405 g/mol. The zero-order valence-corrected chi connectivity index (χ0v) is 18.3. The molecule has 0 bridgehead atoms. The molecule has 0 aromatic carbocycles. The van der Waals surface area contributed by atoms with Crippen LogP contribution in [0.4, 0.5) is 0 Å². The molecule has 2 saturated carbocycles. The van der Waals surface area contributed by atoms with E-state index in [-0.39, 0.29) is 97.5 Å². The Hall–Kier alpha value is 1.84. The van der Waals surface area contributed by atoms with Crippen molar-refractivity contribution in [3.05, 3.63) is 0 Å². The van der Waals surface area contributed by atoms with Gasteiger partial charge in [0.2, 0.25) is 0 Å². The molecule has 2 rings (SSSR count). The van der Waals surface area contributed by atoms with Crippen LogP contribution in [0.5, 0.6) is 0 Å². The van der Waals surface area contributed by atoms with Gasteiger partial charge in [-0.25, -0.2) is 8.42 Å². The Morgan fingerprint density at radius 1 is 0.778 bits per heavy atom. The second-order valence-corrected chi connectivity index (χ2v) is 10.2. The van der Waals surface area contributed by atoms with E-state index in [4.69, 9.17) is 0 Å². The van der Waals surface area contributed by atoms with Crippen molar-refractivity contribution in [3.8, 4) is 0 Å². The maximum atomic E-state index is 11.5. The average molecular weight is 426 g/mol. The van der Waals surface area contributed by atoms with Gasteiger partial charge < -0.3 is 24.6 Å². The summed E-state index contributed by atoms with van der Waals surface area (Å²) in [6.07, 6.45) is 2.73. The van der Waals surface area contributed by atoms with Crippen LogP contribution in [-0.4, -0.2) is 57.2 Å². The van der Waals surface area contributed by atoms with Crippen LogP contribution < -0.4 is 56.6 Å². The van der Waals surface area contributed by atoms with Crippen molar-refractivity contribution >= 4 is 32.3 Å². The summed E-state index contributed by atoms with van der Waals surface area (Å²) in [7, 11) is -4.47. The molecule has 2 aliphatic rings. The molecular formula is C12H21Li3O9S3-2. The fourth-order valence-corrected chi connectivity index (χ4v) is 6.53. The topological polar surface area (TPSA) is 197 Å². The van der Waals surface area contributed by atoms with Crippen molar-refractivity contribution in [2.75, 3.05) is 0 Å². The van der Waals surface area contributed by atoms with Gasteiger partial charge in [0.1, 0.15) is 0 Å². The number of hydrogen-bond donors (Lipinski definition) is 0. The predicted molar refractivity (Wildman–Crippen MR) is 82.1 cm³/mol. The summed E-state index contributed by atoms with van der Waals surface area (Å²) < 4.78 is 78.2. The first-order valence-electron chi connectivity index (χ1n) is 7.31. The van der Waals surface area contributed by atoms with Crippen LogP contribution in [-0.2, 0) is 32.3 Å². The Kier molecular flexibility index (Phi) is 21.0. The maximum absolute atomic E-state index is 11.5. The third kappa shape index (κ3) is 10.1. The molecule has 0 saturated heterocycles. The minimum absolute atomic E-state index is 0. The number of rotatable bonds is 4. The molecule has 2 N–H and O–H groups in total. The quantitative estimate of drug-likeness (QED) is 0.238. The fraction of sp³-hybridized carbons (Fsp3) is 1.00. The monoisotopic (exact) mass is 426 g/mol. The molecule has 5 unspecified atom stereocenters. The van der Waals surface area contributed by atoms with Gasteiger partial charge in [-0.3, -0.25) is 8.42 Å². The fourth-order valence-electron chi connectivity index (χ4n) is 3.85. The summed E-state index contributed by atoms with van der Waals surface area (Å²) in [5.41, 5.74) is 0.